The molecule has 4 nitrogen and oxygen atoms in total. The van der Waals surface area contributed by atoms with Gasteiger partial charge in [-0.15, -0.1) is 0 Å². The fourth-order valence-corrected chi connectivity index (χ4v) is 2.25. The second kappa shape index (κ2) is 4.38. The fraction of sp³-hybridized carbons (Fsp3) is 0.154. The highest BCUT2D eigenvalue weighted by Crippen LogP contribution is 2.25. The molecular formula is C13H12ClN3O. The van der Waals surface area contributed by atoms with E-state index in [1.807, 2.05) is 34.9 Å². The van der Waals surface area contributed by atoms with Gasteiger partial charge < -0.3 is 14.7 Å². The molecule has 2 heterocycles. The molecule has 0 bridgehead atoms. The van der Waals surface area contributed by atoms with Gasteiger partial charge in [0.05, 0.1) is 16.8 Å². The van der Waals surface area contributed by atoms with E-state index < -0.39 is 0 Å². The first-order valence-corrected chi connectivity index (χ1v) is 6.06. The van der Waals surface area contributed by atoms with Crippen molar-refractivity contribution in [1.29, 1.82) is 0 Å². The van der Waals surface area contributed by atoms with Crippen molar-refractivity contribution in [2.75, 3.05) is 5.73 Å². The van der Waals surface area contributed by atoms with E-state index in [1.54, 1.807) is 6.26 Å². The monoisotopic (exact) mass is 261 g/mol. The van der Waals surface area contributed by atoms with Crippen LogP contribution in [0, 0.1) is 0 Å². The van der Waals surface area contributed by atoms with E-state index in [4.69, 9.17) is 21.8 Å². The van der Waals surface area contributed by atoms with Gasteiger partial charge in [0.25, 0.3) is 0 Å². The summed E-state index contributed by atoms with van der Waals surface area (Å²) in [6, 6.07) is 9.50. The number of hydrogen-bond donors (Lipinski definition) is 1. The number of anilines is 1. The minimum Gasteiger partial charge on any atom is -0.469 e. The first kappa shape index (κ1) is 11.2. The molecule has 0 unspecified atom stereocenters. The third-order valence-corrected chi connectivity index (χ3v) is 3.23. The normalized spacial score (nSPS) is 11.2. The lowest BCUT2D eigenvalue weighted by molar-refractivity contribution is 0.494. The molecule has 1 aromatic carbocycles. The Balaban J connectivity index is 1.96. The molecule has 0 aliphatic heterocycles. The topological polar surface area (TPSA) is 57.0 Å². The number of halogens is 1. The van der Waals surface area contributed by atoms with Crippen LogP contribution in [0.25, 0.3) is 11.0 Å². The predicted molar refractivity (Wildman–Crippen MR) is 71.6 cm³/mol. The smallest absolute Gasteiger partial charge is 0.201 e. The van der Waals surface area contributed by atoms with Gasteiger partial charge >= 0.3 is 0 Å². The van der Waals surface area contributed by atoms with Crippen LogP contribution in [-0.4, -0.2) is 9.55 Å². The molecule has 0 fully saturated rings. The second-order valence-electron chi connectivity index (χ2n) is 4.06. The number of nitrogens with zero attached hydrogens (tertiary/aromatic N) is 2. The van der Waals surface area contributed by atoms with Gasteiger partial charge in [-0.3, -0.25) is 0 Å². The summed E-state index contributed by atoms with van der Waals surface area (Å²) in [5.74, 6) is 1.41. The van der Waals surface area contributed by atoms with Crippen molar-refractivity contribution in [1.82, 2.24) is 9.55 Å². The second-order valence-corrected chi connectivity index (χ2v) is 4.47. The Kier molecular flexibility index (Phi) is 2.72. The molecule has 0 saturated carbocycles. The minimum absolute atomic E-state index is 0.477. The number of furan rings is 1. The Labute approximate surface area is 109 Å². The van der Waals surface area contributed by atoms with Crippen molar-refractivity contribution in [3.63, 3.8) is 0 Å². The number of nitrogens with two attached hydrogens (primary N) is 1. The summed E-state index contributed by atoms with van der Waals surface area (Å²) in [5, 5.41) is 0.621. The Morgan fingerprint density at radius 2 is 2.17 bits per heavy atom. The lowest BCUT2D eigenvalue weighted by atomic mass is 10.3. The highest BCUT2D eigenvalue weighted by molar-refractivity contribution is 6.35. The van der Waals surface area contributed by atoms with Crippen molar-refractivity contribution < 1.29 is 4.42 Å². The molecule has 3 rings (SSSR count). The molecule has 2 aromatic heterocycles. The Morgan fingerprint density at radius 3 is 2.94 bits per heavy atom. The Morgan fingerprint density at radius 1 is 1.28 bits per heavy atom. The number of rotatable bonds is 3. The molecule has 18 heavy (non-hydrogen) atoms. The zero-order chi connectivity index (χ0) is 12.5. The zero-order valence-electron chi connectivity index (χ0n) is 9.64. The van der Waals surface area contributed by atoms with Crippen LogP contribution in [0.15, 0.2) is 41.0 Å². The fourth-order valence-electron chi connectivity index (χ4n) is 2.04. The highest BCUT2D eigenvalue weighted by atomic mass is 35.5. The van der Waals surface area contributed by atoms with Gasteiger partial charge in [-0.25, -0.2) is 4.98 Å². The van der Waals surface area contributed by atoms with E-state index in [1.165, 1.54) is 0 Å². The van der Waals surface area contributed by atoms with Crippen LogP contribution in [0.3, 0.4) is 0 Å². The van der Waals surface area contributed by atoms with Gasteiger partial charge in [0.2, 0.25) is 5.95 Å². The summed E-state index contributed by atoms with van der Waals surface area (Å²) in [6.07, 6.45) is 2.44. The molecule has 5 heteroatoms. The Bertz CT molecular complexity index is 673. The molecule has 0 spiro atoms. The van der Waals surface area contributed by atoms with E-state index >= 15 is 0 Å². The SMILES string of the molecule is Nc1nc2c(Cl)cccc2n1CCc1ccco1. The summed E-state index contributed by atoms with van der Waals surface area (Å²) in [6.45, 7) is 0.718. The van der Waals surface area contributed by atoms with Gasteiger partial charge in [-0.05, 0) is 24.3 Å². The van der Waals surface area contributed by atoms with Crippen molar-refractivity contribution in [2.45, 2.75) is 13.0 Å². The number of benzene rings is 1. The molecule has 0 amide bonds. The van der Waals surface area contributed by atoms with Crippen LogP contribution in [0.2, 0.25) is 5.02 Å². The average molecular weight is 262 g/mol. The number of aromatic nitrogens is 2. The maximum Gasteiger partial charge on any atom is 0.201 e. The third-order valence-electron chi connectivity index (χ3n) is 2.92. The summed E-state index contributed by atoms with van der Waals surface area (Å²) in [5.41, 5.74) is 7.62. The van der Waals surface area contributed by atoms with Crippen molar-refractivity contribution >= 4 is 28.6 Å². The number of fused-ring (bicyclic) bond motifs is 1. The van der Waals surface area contributed by atoms with E-state index in [0.717, 1.165) is 29.8 Å². The van der Waals surface area contributed by atoms with Gasteiger partial charge in [0.1, 0.15) is 11.3 Å². The van der Waals surface area contributed by atoms with Crippen molar-refractivity contribution in [2.24, 2.45) is 0 Å². The molecule has 3 aromatic rings. The maximum atomic E-state index is 6.09. The van der Waals surface area contributed by atoms with Crippen LogP contribution in [0.5, 0.6) is 0 Å². The Hall–Kier alpha value is -1.94. The lowest BCUT2D eigenvalue weighted by Gasteiger charge is -2.04. The zero-order valence-corrected chi connectivity index (χ0v) is 10.4. The summed E-state index contributed by atoms with van der Waals surface area (Å²) in [7, 11) is 0. The maximum absolute atomic E-state index is 6.09. The number of hydrogen-bond acceptors (Lipinski definition) is 3. The molecule has 0 aliphatic carbocycles. The van der Waals surface area contributed by atoms with Crippen molar-refractivity contribution in [3.8, 4) is 0 Å². The van der Waals surface area contributed by atoms with E-state index in [-0.39, 0.29) is 0 Å². The number of imidazole rings is 1. The van der Waals surface area contributed by atoms with Crippen LogP contribution in [0.4, 0.5) is 5.95 Å². The summed E-state index contributed by atoms with van der Waals surface area (Å²) < 4.78 is 7.25. The minimum atomic E-state index is 0.477. The van der Waals surface area contributed by atoms with Crippen LogP contribution < -0.4 is 5.73 Å². The van der Waals surface area contributed by atoms with Crippen LogP contribution >= 0.6 is 11.6 Å². The molecule has 2 N–H and O–H groups in total. The summed E-state index contributed by atoms with van der Waals surface area (Å²) >= 11 is 6.09. The van der Waals surface area contributed by atoms with Gasteiger partial charge in [0, 0.05) is 13.0 Å². The van der Waals surface area contributed by atoms with Crippen molar-refractivity contribution in [3.05, 3.63) is 47.4 Å². The van der Waals surface area contributed by atoms with E-state index in [0.29, 0.717) is 11.0 Å². The van der Waals surface area contributed by atoms with Crippen LogP contribution in [0.1, 0.15) is 5.76 Å². The van der Waals surface area contributed by atoms with Gasteiger partial charge in [0.15, 0.2) is 0 Å². The van der Waals surface area contributed by atoms with Gasteiger partial charge in [-0.1, -0.05) is 17.7 Å². The number of aryl methyl sites for hydroxylation is 2. The van der Waals surface area contributed by atoms with E-state index in [2.05, 4.69) is 4.98 Å². The molecule has 0 aliphatic rings. The number of para-hydroxylation sites is 1. The summed E-state index contributed by atoms with van der Waals surface area (Å²) in [4.78, 5) is 4.29. The van der Waals surface area contributed by atoms with E-state index in [9.17, 15) is 0 Å². The molecular weight excluding hydrogens is 250 g/mol. The highest BCUT2D eigenvalue weighted by Gasteiger charge is 2.10. The van der Waals surface area contributed by atoms with Crippen LogP contribution in [-0.2, 0) is 13.0 Å². The predicted octanol–water partition coefficient (Wildman–Crippen LogP) is 3.11. The standard InChI is InChI=1S/C13H12ClN3O/c14-10-4-1-5-11-12(10)16-13(15)17(11)7-6-9-3-2-8-18-9/h1-5,8H,6-7H2,(H2,15,16). The lowest BCUT2D eigenvalue weighted by Crippen LogP contribution is -2.05. The first-order valence-electron chi connectivity index (χ1n) is 5.68. The molecule has 92 valence electrons. The van der Waals surface area contributed by atoms with Gasteiger partial charge in [-0.2, -0.15) is 0 Å². The first-order chi connectivity index (χ1) is 8.75. The number of nitrogen functional groups attached to an aromatic ring is 1. The quantitative estimate of drug-likeness (QED) is 0.788. The molecule has 0 atom stereocenters. The average Bonchev–Trinajstić information content (AvgIpc) is 2.95. The largest absolute Gasteiger partial charge is 0.469 e. The molecule has 0 saturated heterocycles. The molecule has 0 radical (unpaired) electrons. The third kappa shape index (κ3) is 1.84.